The normalized spacial score (nSPS) is 10.3. The van der Waals surface area contributed by atoms with Gasteiger partial charge < -0.3 is 20.3 Å². The predicted molar refractivity (Wildman–Crippen MR) is 86.6 cm³/mol. The highest BCUT2D eigenvalue weighted by atomic mass is 32.1. The second-order valence-electron chi connectivity index (χ2n) is 4.67. The second-order valence-corrected chi connectivity index (χ2v) is 5.64. The third-order valence-electron chi connectivity index (χ3n) is 2.98. The summed E-state index contributed by atoms with van der Waals surface area (Å²) in [5.41, 5.74) is 6.61. The summed E-state index contributed by atoms with van der Waals surface area (Å²) in [6.07, 6.45) is 0. The van der Waals surface area contributed by atoms with Gasteiger partial charge in [0.15, 0.2) is 5.13 Å². The molecule has 0 aliphatic carbocycles. The Hall–Kier alpha value is -2.28. The zero-order chi connectivity index (χ0) is 15.6. The smallest absolute Gasteiger partial charge is 0.272 e. The Morgan fingerprint density at radius 1 is 1.24 bits per heavy atom. The molecule has 2 aromatic rings. The third kappa shape index (κ3) is 3.08. The summed E-state index contributed by atoms with van der Waals surface area (Å²) >= 11 is 1.28. The molecule has 1 amide bonds. The number of amides is 1. The van der Waals surface area contributed by atoms with Gasteiger partial charge in [-0.15, -0.1) is 0 Å². The summed E-state index contributed by atoms with van der Waals surface area (Å²) < 4.78 is 5.11. The molecule has 1 aromatic carbocycles. The number of aromatic nitrogens is 1. The van der Waals surface area contributed by atoms with Gasteiger partial charge in [0.1, 0.15) is 16.4 Å². The van der Waals surface area contributed by atoms with Crippen LogP contribution in [0.25, 0.3) is 0 Å². The first-order chi connectivity index (χ1) is 9.93. The van der Waals surface area contributed by atoms with Crippen LogP contribution in [0.1, 0.15) is 9.67 Å². The number of carbonyl (C=O) groups excluding carboxylic acids is 1. The number of carbonyl (C=O) groups is 1. The number of methoxy groups -OCH3 is 1. The number of hydrogen-bond acceptors (Lipinski definition) is 6. The van der Waals surface area contributed by atoms with Gasteiger partial charge in [0.25, 0.3) is 5.91 Å². The number of nitrogens with two attached hydrogens (primary N) is 1. The van der Waals surface area contributed by atoms with Crippen molar-refractivity contribution in [3.05, 3.63) is 29.1 Å². The molecule has 1 heterocycles. The second kappa shape index (κ2) is 6.01. The number of benzene rings is 1. The fraction of sp³-hybridized carbons (Fsp3) is 0.286. The molecule has 0 atom stereocenters. The first-order valence-corrected chi connectivity index (χ1v) is 7.11. The van der Waals surface area contributed by atoms with Gasteiger partial charge in [-0.3, -0.25) is 4.79 Å². The van der Waals surface area contributed by atoms with Gasteiger partial charge in [0, 0.05) is 26.8 Å². The molecule has 7 heteroatoms. The van der Waals surface area contributed by atoms with Crippen LogP contribution in [0.15, 0.2) is 24.3 Å². The third-order valence-corrected chi connectivity index (χ3v) is 4.21. The van der Waals surface area contributed by atoms with E-state index < -0.39 is 0 Å². The minimum Gasteiger partial charge on any atom is -0.497 e. The largest absolute Gasteiger partial charge is 0.497 e. The lowest BCUT2D eigenvalue weighted by Crippen LogP contribution is -2.26. The number of nitrogen functional groups attached to an aromatic ring is 1. The Labute approximate surface area is 127 Å². The van der Waals surface area contributed by atoms with Gasteiger partial charge in [-0.2, -0.15) is 0 Å². The molecule has 0 fully saturated rings. The minimum atomic E-state index is -0.178. The van der Waals surface area contributed by atoms with Crippen molar-refractivity contribution in [1.82, 2.24) is 4.98 Å². The van der Waals surface area contributed by atoms with E-state index in [1.165, 1.54) is 11.3 Å². The van der Waals surface area contributed by atoms with Gasteiger partial charge in [0.05, 0.1) is 7.11 Å². The molecule has 2 rings (SSSR count). The highest BCUT2D eigenvalue weighted by molar-refractivity contribution is 7.18. The van der Waals surface area contributed by atoms with Crippen LogP contribution >= 0.6 is 11.3 Å². The van der Waals surface area contributed by atoms with Crippen LogP contribution in [0.5, 0.6) is 5.75 Å². The van der Waals surface area contributed by atoms with Crippen molar-refractivity contribution in [2.24, 2.45) is 0 Å². The Morgan fingerprint density at radius 3 is 2.33 bits per heavy atom. The maximum absolute atomic E-state index is 12.5. The fourth-order valence-corrected chi connectivity index (χ4v) is 2.62. The minimum absolute atomic E-state index is 0.178. The summed E-state index contributed by atoms with van der Waals surface area (Å²) in [6, 6.07) is 7.25. The standard InChI is InChI=1S/C14H18N4O2S/c1-17(2)14-16-12(15)11(21-14)13(19)18(3)9-5-7-10(20-4)8-6-9/h5-8H,15H2,1-4H3. The van der Waals surface area contributed by atoms with Gasteiger partial charge in [0.2, 0.25) is 0 Å². The zero-order valence-corrected chi connectivity index (χ0v) is 13.3. The quantitative estimate of drug-likeness (QED) is 0.936. The Morgan fingerprint density at radius 2 is 1.86 bits per heavy atom. The Balaban J connectivity index is 2.25. The van der Waals surface area contributed by atoms with E-state index in [1.54, 1.807) is 31.2 Å². The number of hydrogen-bond donors (Lipinski definition) is 1. The number of nitrogens with zero attached hydrogens (tertiary/aromatic N) is 3. The lowest BCUT2D eigenvalue weighted by atomic mass is 10.2. The van der Waals surface area contributed by atoms with Crippen molar-refractivity contribution in [2.45, 2.75) is 0 Å². The summed E-state index contributed by atoms with van der Waals surface area (Å²) in [6.45, 7) is 0. The summed E-state index contributed by atoms with van der Waals surface area (Å²) in [4.78, 5) is 20.5. The van der Waals surface area contributed by atoms with Crippen LogP contribution in [0.4, 0.5) is 16.6 Å². The molecule has 1 aromatic heterocycles. The number of ether oxygens (including phenoxy) is 1. The molecule has 0 unspecified atom stereocenters. The van der Waals surface area contributed by atoms with Crippen LogP contribution in [0, 0.1) is 0 Å². The summed E-state index contributed by atoms with van der Waals surface area (Å²) in [7, 11) is 7.03. The van der Waals surface area contributed by atoms with Crippen LogP contribution in [-0.4, -0.2) is 39.1 Å². The van der Waals surface area contributed by atoms with Crippen molar-refractivity contribution in [1.29, 1.82) is 0 Å². The highest BCUT2D eigenvalue weighted by Gasteiger charge is 2.21. The van der Waals surface area contributed by atoms with Crippen molar-refractivity contribution < 1.29 is 9.53 Å². The highest BCUT2D eigenvalue weighted by Crippen LogP contribution is 2.29. The molecule has 21 heavy (non-hydrogen) atoms. The number of thiazole rings is 1. The fourth-order valence-electron chi connectivity index (χ4n) is 1.74. The predicted octanol–water partition coefficient (Wildman–Crippen LogP) is 2.08. The van der Waals surface area contributed by atoms with E-state index in [-0.39, 0.29) is 11.7 Å². The lowest BCUT2D eigenvalue weighted by molar-refractivity contribution is 0.0997. The van der Waals surface area contributed by atoms with Crippen molar-refractivity contribution >= 4 is 33.9 Å². The molecular formula is C14H18N4O2S. The van der Waals surface area contributed by atoms with Gasteiger partial charge >= 0.3 is 0 Å². The molecule has 0 bridgehead atoms. The van der Waals surface area contributed by atoms with E-state index in [4.69, 9.17) is 10.5 Å². The molecule has 0 radical (unpaired) electrons. The molecule has 6 nitrogen and oxygen atoms in total. The van der Waals surface area contributed by atoms with E-state index in [9.17, 15) is 4.79 Å². The zero-order valence-electron chi connectivity index (χ0n) is 12.5. The molecule has 0 saturated heterocycles. The van der Waals surface area contributed by atoms with E-state index in [0.717, 1.165) is 11.4 Å². The van der Waals surface area contributed by atoms with Gasteiger partial charge in [-0.25, -0.2) is 4.98 Å². The van der Waals surface area contributed by atoms with Crippen LogP contribution in [-0.2, 0) is 0 Å². The summed E-state index contributed by atoms with van der Waals surface area (Å²) in [5.74, 6) is 0.823. The SMILES string of the molecule is COc1ccc(N(C)C(=O)c2sc(N(C)C)nc2N)cc1. The Bertz CT molecular complexity index is 637. The first kappa shape index (κ1) is 15.1. The topological polar surface area (TPSA) is 71.7 Å². The summed E-state index contributed by atoms with van der Waals surface area (Å²) in [5, 5.41) is 0.707. The van der Waals surface area contributed by atoms with Crippen LogP contribution < -0.4 is 20.3 Å². The average Bonchev–Trinajstić information content (AvgIpc) is 2.88. The first-order valence-electron chi connectivity index (χ1n) is 6.29. The van der Waals surface area contributed by atoms with E-state index in [2.05, 4.69) is 4.98 Å². The molecule has 0 spiro atoms. The van der Waals surface area contributed by atoms with E-state index in [1.807, 2.05) is 31.1 Å². The molecular weight excluding hydrogens is 288 g/mol. The molecule has 112 valence electrons. The lowest BCUT2D eigenvalue weighted by Gasteiger charge is -2.16. The van der Waals surface area contributed by atoms with Gasteiger partial charge in [-0.1, -0.05) is 11.3 Å². The van der Waals surface area contributed by atoms with Crippen molar-refractivity contribution in [3.8, 4) is 5.75 Å². The van der Waals surface area contributed by atoms with Crippen LogP contribution in [0.3, 0.4) is 0 Å². The van der Waals surface area contributed by atoms with E-state index >= 15 is 0 Å². The maximum atomic E-state index is 12.5. The number of anilines is 3. The number of rotatable bonds is 4. The molecule has 0 saturated carbocycles. The maximum Gasteiger partial charge on any atom is 0.272 e. The molecule has 2 N–H and O–H groups in total. The molecule has 0 aliphatic rings. The molecule has 0 aliphatic heterocycles. The van der Waals surface area contributed by atoms with Crippen LogP contribution in [0.2, 0.25) is 0 Å². The van der Waals surface area contributed by atoms with Crippen molar-refractivity contribution in [3.63, 3.8) is 0 Å². The average molecular weight is 306 g/mol. The Kier molecular flexibility index (Phi) is 4.32. The van der Waals surface area contributed by atoms with Gasteiger partial charge in [-0.05, 0) is 24.3 Å². The van der Waals surface area contributed by atoms with E-state index in [0.29, 0.717) is 10.0 Å². The monoisotopic (exact) mass is 306 g/mol. The van der Waals surface area contributed by atoms with Crippen molar-refractivity contribution in [2.75, 3.05) is 43.8 Å².